The molecule has 2 rings (SSSR count). The fourth-order valence-electron chi connectivity index (χ4n) is 1.58. The number of sulfonamides is 1. The number of aryl methyl sites for hydroxylation is 1. The van der Waals surface area contributed by atoms with Gasteiger partial charge in [0.25, 0.3) is 10.0 Å². The molecule has 0 aliphatic rings. The van der Waals surface area contributed by atoms with E-state index in [4.69, 9.17) is 5.73 Å². The molecule has 7 heteroatoms. The van der Waals surface area contributed by atoms with E-state index in [1.807, 2.05) is 0 Å². The molecule has 0 fully saturated rings. The first-order valence-corrected chi connectivity index (χ1v) is 7.60. The van der Waals surface area contributed by atoms with Gasteiger partial charge >= 0.3 is 0 Å². The van der Waals surface area contributed by atoms with Crippen molar-refractivity contribution in [1.29, 1.82) is 0 Å². The van der Waals surface area contributed by atoms with Crippen molar-refractivity contribution in [1.82, 2.24) is 9.97 Å². The number of hydrogen-bond donors (Lipinski definition) is 2. The van der Waals surface area contributed by atoms with Crippen molar-refractivity contribution in [3.8, 4) is 11.8 Å². The number of nitrogens with one attached hydrogen (secondary N) is 1. The van der Waals surface area contributed by atoms with Gasteiger partial charge in [0.05, 0.1) is 6.54 Å². The van der Waals surface area contributed by atoms with Crippen molar-refractivity contribution in [2.24, 2.45) is 5.73 Å². The minimum atomic E-state index is -3.75. The second kappa shape index (κ2) is 6.35. The largest absolute Gasteiger partial charge is 0.320 e. The molecule has 0 aromatic carbocycles. The molecule has 0 aliphatic carbocycles. The summed E-state index contributed by atoms with van der Waals surface area (Å²) in [4.78, 5) is 8.00. The van der Waals surface area contributed by atoms with E-state index in [2.05, 4.69) is 26.5 Å². The van der Waals surface area contributed by atoms with Gasteiger partial charge in [-0.15, -0.1) is 0 Å². The van der Waals surface area contributed by atoms with Gasteiger partial charge in [-0.25, -0.2) is 13.4 Å². The SMILES string of the molecule is Cc1cccc(NS(=O)(=O)c2cncc(C#CCN)c2)n1. The van der Waals surface area contributed by atoms with Crippen molar-refractivity contribution in [2.45, 2.75) is 11.8 Å². The fourth-order valence-corrected chi connectivity index (χ4v) is 2.57. The second-order valence-corrected chi connectivity index (χ2v) is 5.87. The van der Waals surface area contributed by atoms with Gasteiger partial charge in [0.1, 0.15) is 10.7 Å². The molecule has 108 valence electrons. The van der Waals surface area contributed by atoms with Crippen LogP contribution in [0.1, 0.15) is 11.3 Å². The zero-order chi connectivity index (χ0) is 15.3. The molecule has 0 atom stereocenters. The molecule has 6 nitrogen and oxygen atoms in total. The maximum atomic E-state index is 12.3. The molecule has 0 saturated heterocycles. The lowest BCUT2D eigenvalue weighted by Gasteiger charge is -2.07. The highest BCUT2D eigenvalue weighted by atomic mass is 32.2. The molecule has 2 aromatic rings. The molecule has 0 saturated carbocycles. The number of nitrogens with two attached hydrogens (primary N) is 1. The van der Waals surface area contributed by atoms with E-state index in [-0.39, 0.29) is 17.3 Å². The Bertz CT molecular complexity index is 807. The Hall–Kier alpha value is -2.43. The van der Waals surface area contributed by atoms with Gasteiger partial charge in [0.2, 0.25) is 0 Å². The van der Waals surface area contributed by atoms with E-state index in [1.54, 1.807) is 25.1 Å². The highest BCUT2D eigenvalue weighted by molar-refractivity contribution is 7.92. The average Bonchev–Trinajstić information content (AvgIpc) is 2.45. The molecule has 3 N–H and O–H groups in total. The molecular weight excluding hydrogens is 288 g/mol. The molecular formula is C14H14N4O2S. The summed E-state index contributed by atoms with van der Waals surface area (Å²) in [5, 5.41) is 0. The van der Waals surface area contributed by atoms with Crippen LogP contribution in [0.4, 0.5) is 5.82 Å². The average molecular weight is 302 g/mol. The number of anilines is 1. The summed E-state index contributed by atoms with van der Waals surface area (Å²) in [7, 11) is -3.75. The minimum absolute atomic E-state index is 0.0228. The van der Waals surface area contributed by atoms with Gasteiger partial charge < -0.3 is 5.73 Å². The zero-order valence-electron chi connectivity index (χ0n) is 11.4. The van der Waals surface area contributed by atoms with Crippen molar-refractivity contribution < 1.29 is 8.42 Å². The van der Waals surface area contributed by atoms with Crippen LogP contribution < -0.4 is 10.5 Å². The fraction of sp³-hybridized carbons (Fsp3) is 0.143. The predicted molar refractivity (Wildman–Crippen MR) is 80.0 cm³/mol. The molecule has 21 heavy (non-hydrogen) atoms. The van der Waals surface area contributed by atoms with E-state index in [0.29, 0.717) is 5.56 Å². The van der Waals surface area contributed by atoms with Gasteiger partial charge in [0.15, 0.2) is 0 Å². The molecule has 2 heterocycles. The number of rotatable bonds is 3. The maximum absolute atomic E-state index is 12.3. The van der Waals surface area contributed by atoms with Crippen molar-refractivity contribution in [2.75, 3.05) is 11.3 Å². The van der Waals surface area contributed by atoms with Crippen LogP contribution >= 0.6 is 0 Å². The summed E-state index contributed by atoms with van der Waals surface area (Å²) in [5.74, 6) is 5.65. The Kier molecular flexibility index (Phi) is 4.52. The third kappa shape index (κ3) is 4.02. The topological polar surface area (TPSA) is 98.0 Å². The monoisotopic (exact) mass is 302 g/mol. The highest BCUT2D eigenvalue weighted by Crippen LogP contribution is 2.14. The minimum Gasteiger partial charge on any atom is -0.320 e. The molecule has 0 unspecified atom stereocenters. The maximum Gasteiger partial charge on any atom is 0.264 e. The first-order chi connectivity index (χ1) is 10.0. The molecule has 0 amide bonds. The van der Waals surface area contributed by atoms with E-state index in [1.165, 1.54) is 18.5 Å². The Morgan fingerprint density at radius 2 is 2.14 bits per heavy atom. The third-order valence-electron chi connectivity index (χ3n) is 2.49. The van der Waals surface area contributed by atoms with Crippen LogP contribution in [0.15, 0.2) is 41.6 Å². The zero-order valence-corrected chi connectivity index (χ0v) is 12.2. The van der Waals surface area contributed by atoms with Crippen LogP contribution in [0.25, 0.3) is 0 Å². The molecule has 0 bridgehead atoms. The third-order valence-corrected chi connectivity index (χ3v) is 3.81. The molecule has 2 aromatic heterocycles. The Balaban J connectivity index is 2.31. The van der Waals surface area contributed by atoms with Crippen LogP contribution in [-0.2, 0) is 10.0 Å². The Morgan fingerprint density at radius 3 is 2.86 bits per heavy atom. The summed E-state index contributed by atoms with van der Waals surface area (Å²) < 4.78 is 27.0. The van der Waals surface area contributed by atoms with Crippen LogP contribution in [0.2, 0.25) is 0 Å². The van der Waals surface area contributed by atoms with Gasteiger partial charge in [-0.1, -0.05) is 17.9 Å². The molecule has 0 spiro atoms. The van der Waals surface area contributed by atoms with Crippen molar-refractivity contribution in [3.63, 3.8) is 0 Å². The first kappa shape index (κ1) is 15.0. The molecule has 0 aliphatic heterocycles. The normalized spacial score (nSPS) is 10.6. The van der Waals surface area contributed by atoms with E-state index >= 15 is 0 Å². The van der Waals surface area contributed by atoms with E-state index in [9.17, 15) is 8.42 Å². The quantitative estimate of drug-likeness (QED) is 0.821. The summed E-state index contributed by atoms with van der Waals surface area (Å²) in [5.41, 5.74) is 6.49. The number of aromatic nitrogens is 2. The van der Waals surface area contributed by atoms with Crippen LogP contribution in [0, 0.1) is 18.8 Å². The summed E-state index contributed by atoms with van der Waals surface area (Å²) >= 11 is 0. The first-order valence-electron chi connectivity index (χ1n) is 6.12. The predicted octanol–water partition coefficient (Wildman–Crippen LogP) is 0.896. The lowest BCUT2D eigenvalue weighted by atomic mass is 10.3. The number of hydrogen-bond acceptors (Lipinski definition) is 5. The summed E-state index contributed by atoms with van der Waals surface area (Å²) in [6, 6.07) is 6.52. The standard InChI is InChI=1S/C14H14N4O2S/c1-11-4-2-6-14(17-11)18-21(19,20)13-8-12(5-3-7-15)9-16-10-13/h2,4,6,8-10H,7,15H2,1H3,(H,17,18). The Morgan fingerprint density at radius 1 is 1.33 bits per heavy atom. The van der Waals surface area contributed by atoms with Crippen LogP contribution in [0.3, 0.4) is 0 Å². The lowest BCUT2D eigenvalue weighted by Crippen LogP contribution is -2.14. The van der Waals surface area contributed by atoms with Gasteiger partial charge in [-0.2, -0.15) is 0 Å². The van der Waals surface area contributed by atoms with Gasteiger partial charge in [-0.3, -0.25) is 9.71 Å². The van der Waals surface area contributed by atoms with Crippen molar-refractivity contribution >= 4 is 15.8 Å². The summed E-state index contributed by atoms with van der Waals surface area (Å²) in [6.07, 6.45) is 2.73. The Labute approximate surface area is 123 Å². The van der Waals surface area contributed by atoms with Gasteiger partial charge in [0, 0.05) is 23.7 Å². The van der Waals surface area contributed by atoms with E-state index < -0.39 is 10.0 Å². The van der Waals surface area contributed by atoms with Crippen LogP contribution in [0.5, 0.6) is 0 Å². The molecule has 0 radical (unpaired) electrons. The lowest BCUT2D eigenvalue weighted by molar-refractivity contribution is 0.600. The van der Waals surface area contributed by atoms with Crippen LogP contribution in [-0.4, -0.2) is 24.9 Å². The van der Waals surface area contributed by atoms with Crippen molar-refractivity contribution in [3.05, 3.63) is 47.9 Å². The smallest absolute Gasteiger partial charge is 0.264 e. The number of nitrogens with zero attached hydrogens (tertiary/aromatic N) is 2. The highest BCUT2D eigenvalue weighted by Gasteiger charge is 2.15. The second-order valence-electron chi connectivity index (χ2n) is 4.18. The van der Waals surface area contributed by atoms with Gasteiger partial charge in [-0.05, 0) is 25.1 Å². The summed E-state index contributed by atoms with van der Waals surface area (Å²) in [6.45, 7) is 1.98. The van der Waals surface area contributed by atoms with E-state index in [0.717, 1.165) is 5.69 Å². The number of pyridine rings is 2.